The first-order valence-electron chi connectivity index (χ1n) is 5.32. The van der Waals surface area contributed by atoms with Crippen LogP contribution in [0.3, 0.4) is 0 Å². The highest BCUT2D eigenvalue weighted by atomic mass is 28.4. The molecule has 94 valence electrons. The molecule has 0 amide bonds. The minimum absolute atomic E-state index is 0.564. The zero-order chi connectivity index (χ0) is 13.0. The van der Waals surface area contributed by atoms with E-state index in [0.717, 1.165) is 0 Å². The normalized spacial score (nSPS) is 13.8. The molecule has 0 aliphatic carbocycles. The van der Waals surface area contributed by atoms with Crippen molar-refractivity contribution in [2.24, 2.45) is 0 Å². The lowest BCUT2D eigenvalue weighted by molar-refractivity contribution is -0.247. The summed E-state index contributed by atoms with van der Waals surface area (Å²) < 4.78 is 17.4. The summed E-state index contributed by atoms with van der Waals surface area (Å²) in [6, 6.07) is 0. The molecule has 0 saturated heterocycles. The van der Waals surface area contributed by atoms with Crippen molar-refractivity contribution < 1.29 is 13.3 Å². The standard InChI is InChI=1S/C10H24O3Si3/c1-8-15(4,5)12-10(3,11-14)13-16(6,7)9-2/h8-9H,1-2H2,3-7,14H3. The van der Waals surface area contributed by atoms with Gasteiger partial charge in [0.25, 0.3) is 5.97 Å². The summed E-state index contributed by atoms with van der Waals surface area (Å²) in [4.78, 5) is 0. The molecule has 0 unspecified atom stereocenters. The minimum Gasteiger partial charge on any atom is -0.382 e. The molecule has 0 heterocycles. The second kappa shape index (κ2) is 5.56. The summed E-state index contributed by atoms with van der Waals surface area (Å²) in [5.41, 5.74) is 3.75. The van der Waals surface area contributed by atoms with Gasteiger partial charge in [-0.2, -0.15) is 0 Å². The van der Waals surface area contributed by atoms with E-state index in [1.165, 1.54) is 0 Å². The Balaban J connectivity index is 4.79. The van der Waals surface area contributed by atoms with Crippen molar-refractivity contribution in [3.8, 4) is 0 Å². The van der Waals surface area contributed by atoms with Crippen molar-refractivity contribution in [2.45, 2.75) is 39.1 Å². The molecule has 0 saturated carbocycles. The van der Waals surface area contributed by atoms with E-state index < -0.39 is 22.6 Å². The molecule has 16 heavy (non-hydrogen) atoms. The van der Waals surface area contributed by atoms with Gasteiger partial charge in [-0.25, -0.2) is 0 Å². The van der Waals surface area contributed by atoms with Crippen LogP contribution in [0.5, 0.6) is 0 Å². The van der Waals surface area contributed by atoms with Gasteiger partial charge in [0.2, 0.25) is 16.6 Å². The molecule has 0 radical (unpaired) electrons. The Morgan fingerprint density at radius 1 is 1.00 bits per heavy atom. The SMILES string of the molecule is C=C[Si](C)(C)OC(C)(O[SiH3])O[Si](C)(C)C=C. The van der Waals surface area contributed by atoms with E-state index in [2.05, 4.69) is 39.3 Å². The average Bonchev–Trinajstić information content (AvgIpc) is 2.16. The summed E-state index contributed by atoms with van der Waals surface area (Å²) in [5, 5.41) is 0. The Kier molecular flexibility index (Phi) is 5.57. The third kappa shape index (κ3) is 5.37. The van der Waals surface area contributed by atoms with E-state index in [-0.39, 0.29) is 0 Å². The van der Waals surface area contributed by atoms with Gasteiger partial charge in [-0.05, 0) is 26.2 Å². The second-order valence-corrected chi connectivity index (χ2v) is 12.9. The van der Waals surface area contributed by atoms with Crippen molar-refractivity contribution in [3.05, 3.63) is 24.6 Å². The largest absolute Gasteiger partial charge is 0.382 e. The molecule has 0 atom stereocenters. The Morgan fingerprint density at radius 2 is 1.31 bits per heavy atom. The van der Waals surface area contributed by atoms with Gasteiger partial charge in [-0.1, -0.05) is 11.4 Å². The van der Waals surface area contributed by atoms with Gasteiger partial charge in [0.15, 0.2) is 10.5 Å². The minimum atomic E-state index is -1.92. The van der Waals surface area contributed by atoms with Crippen molar-refractivity contribution >= 4 is 27.1 Å². The van der Waals surface area contributed by atoms with E-state index in [1.54, 1.807) is 0 Å². The molecular formula is C10H24O3Si3. The highest BCUT2D eigenvalue weighted by Gasteiger charge is 2.38. The second-order valence-electron chi connectivity index (χ2n) is 4.89. The van der Waals surface area contributed by atoms with Gasteiger partial charge in [0, 0.05) is 6.92 Å². The molecule has 0 aromatic carbocycles. The van der Waals surface area contributed by atoms with Gasteiger partial charge >= 0.3 is 0 Å². The van der Waals surface area contributed by atoms with Crippen LogP contribution >= 0.6 is 0 Å². The molecule has 0 spiro atoms. The summed E-state index contributed by atoms with van der Waals surface area (Å²) in [6.45, 7) is 17.7. The smallest absolute Gasteiger partial charge is 0.251 e. The maximum absolute atomic E-state index is 5.96. The Morgan fingerprint density at radius 3 is 1.50 bits per heavy atom. The lowest BCUT2D eigenvalue weighted by Gasteiger charge is -2.39. The summed E-state index contributed by atoms with van der Waals surface area (Å²) in [6.07, 6.45) is 0. The maximum atomic E-state index is 5.96. The predicted molar refractivity (Wildman–Crippen MR) is 77.0 cm³/mol. The molecular weight excluding hydrogens is 252 g/mol. The van der Waals surface area contributed by atoms with Crippen LogP contribution in [-0.2, 0) is 13.3 Å². The topological polar surface area (TPSA) is 27.7 Å². The molecule has 0 aromatic heterocycles. The molecule has 0 aromatic rings. The molecule has 3 nitrogen and oxygen atoms in total. The van der Waals surface area contributed by atoms with Crippen LogP contribution in [0.1, 0.15) is 6.92 Å². The van der Waals surface area contributed by atoms with Crippen molar-refractivity contribution in [2.75, 3.05) is 0 Å². The van der Waals surface area contributed by atoms with Gasteiger partial charge in [0.05, 0.1) is 0 Å². The molecule has 0 N–H and O–H groups in total. The van der Waals surface area contributed by atoms with Crippen molar-refractivity contribution in [3.63, 3.8) is 0 Å². The summed E-state index contributed by atoms with van der Waals surface area (Å²) in [7, 11) is -3.28. The van der Waals surface area contributed by atoms with Crippen LogP contribution in [0.2, 0.25) is 26.2 Å². The third-order valence-corrected chi connectivity index (χ3v) is 6.75. The maximum Gasteiger partial charge on any atom is 0.251 e. The fourth-order valence-electron chi connectivity index (χ4n) is 1.14. The monoisotopic (exact) mass is 276 g/mol. The van der Waals surface area contributed by atoms with Crippen molar-refractivity contribution in [1.82, 2.24) is 0 Å². The highest BCUT2D eigenvalue weighted by molar-refractivity contribution is 6.77. The number of hydrogen-bond donors (Lipinski definition) is 0. The van der Waals surface area contributed by atoms with Gasteiger partial charge in [-0.15, -0.1) is 13.2 Å². The van der Waals surface area contributed by atoms with Gasteiger partial charge in [0.1, 0.15) is 0 Å². The third-order valence-electron chi connectivity index (χ3n) is 2.25. The fourth-order valence-corrected chi connectivity index (χ4v) is 4.05. The lowest BCUT2D eigenvalue weighted by Crippen LogP contribution is -2.50. The Bertz CT molecular complexity index is 242. The highest BCUT2D eigenvalue weighted by Crippen LogP contribution is 2.25. The Labute approximate surface area is 104 Å². The fraction of sp³-hybridized carbons (Fsp3) is 0.600. The van der Waals surface area contributed by atoms with E-state index >= 15 is 0 Å². The van der Waals surface area contributed by atoms with E-state index in [0.29, 0.717) is 10.5 Å². The summed E-state index contributed by atoms with van der Waals surface area (Å²) in [5.74, 6) is -0.944. The van der Waals surface area contributed by atoms with Crippen LogP contribution in [0.15, 0.2) is 24.6 Å². The zero-order valence-electron chi connectivity index (χ0n) is 11.3. The molecule has 0 fully saturated rings. The zero-order valence-corrected chi connectivity index (χ0v) is 15.3. The van der Waals surface area contributed by atoms with Crippen LogP contribution in [-0.4, -0.2) is 33.1 Å². The van der Waals surface area contributed by atoms with E-state index in [1.807, 2.05) is 18.3 Å². The lowest BCUT2D eigenvalue weighted by atomic mass is 10.7. The van der Waals surface area contributed by atoms with Gasteiger partial charge in [-0.3, -0.25) is 0 Å². The van der Waals surface area contributed by atoms with E-state index in [9.17, 15) is 0 Å². The van der Waals surface area contributed by atoms with E-state index in [4.69, 9.17) is 13.3 Å². The first-order chi connectivity index (χ1) is 7.10. The van der Waals surface area contributed by atoms with Crippen LogP contribution < -0.4 is 0 Å². The number of rotatable bonds is 7. The van der Waals surface area contributed by atoms with Gasteiger partial charge < -0.3 is 13.3 Å². The molecule has 6 heteroatoms. The average molecular weight is 277 g/mol. The predicted octanol–water partition coefficient (Wildman–Crippen LogP) is 1.85. The number of hydrogen-bond acceptors (Lipinski definition) is 3. The molecule has 0 aliphatic rings. The van der Waals surface area contributed by atoms with Crippen LogP contribution in [0.25, 0.3) is 0 Å². The quantitative estimate of drug-likeness (QED) is 0.525. The van der Waals surface area contributed by atoms with Crippen molar-refractivity contribution in [1.29, 1.82) is 0 Å². The molecule has 0 rings (SSSR count). The first-order valence-corrected chi connectivity index (χ1v) is 12.1. The Hall–Kier alpha value is 0.0106. The molecule has 0 bridgehead atoms. The summed E-state index contributed by atoms with van der Waals surface area (Å²) >= 11 is 0. The van der Waals surface area contributed by atoms with Crippen LogP contribution in [0.4, 0.5) is 0 Å². The first kappa shape index (κ1) is 16.0. The van der Waals surface area contributed by atoms with Crippen LogP contribution in [0, 0.1) is 0 Å². The molecule has 0 aliphatic heterocycles.